The van der Waals surface area contributed by atoms with Gasteiger partial charge in [-0.05, 0) is 29.8 Å². The van der Waals surface area contributed by atoms with Crippen LogP contribution in [0.2, 0.25) is 0 Å². The molecule has 0 saturated heterocycles. The lowest BCUT2D eigenvalue weighted by molar-refractivity contribution is 0.0943. The zero-order valence-corrected chi connectivity index (χ0v) is 9.22. The Bertz CT molecular complexity index is 494. The molecular weight excluding hydrogens is 218 g/mol. The van der Waals surface area contributed by atoms with E-state index in [9.17, 15) is 4.79 Å². The molecule has 2 rings (SSSR count). The van der Waals surface area contributed by atoms with E-state index >= 15 is 0 Å². The molecule has 0 bridgehead atoms. The van der Waals surface area contributed by atoms with E-state index in [2.05, 4.69) is 10.3 Å². The minimum absolute atomic E-state index is 0.239. The van der Waals surface area contributed by atoms with Crippen LogP contribution in [0.1, 0.15) is 21.8 Å². The summed E-state index contributed by atoms with van der Waals surface area (Å²) >= 11 is 0. The molecular formula is C12H13N3O2. The van der Waals surface area contributed by atoms with Gasteiger partial charge in [0.1, 0.15) is 11.5 Å². The number of carbonyl (C=O) groups excluding carboxylic acids is 1. The van der Waals surface area contributed by atoms with Crippen LogP contribution in [0.15, 0.2) is 41.1 Å². The summed E-state index contributed by atoms with van der Waals surface area (Å²) in [6, 6.07) is 7.03. The van der Waals surface area contributed by atoms with Crippen LogP contribution in [0.5, 0.6) is 0 Å². The summed E-state index contributed by atoms with van der Waals surface area (Å²) in [6.45, 7) is 0.737. The van der Waals surface area contributed by atoms with E-state index in [1.165, 1.54) is 0 Å². The van der Waals surface area contributed by atoms with Crippen molar-refractivity contribution < 1.29 is 9.21 Å². The predicted molar refractivity (Wildman–Crippen MR) is 62.0 cm³/mol. The maximum absolute atomic E-state index is 11.8. The second-order valence-corrected chi connectivity index (χ2v) is 3.52. The number of hydrogen-bond acceptors (Lipinski definition) is 4. The molecule has 88 valence electrons. The second-order valence-electron chi connectivity index (χ2n) is 3.52. The Morgan fingerprint density at radius 1 is 1.47 bits per heavy atom. The summed E-state index contributed by atoms with van der Waals surface area (Å²) in [5.74, 6) is 0.463. The molecule has 2 heterocycles. The van der Waals surface area contributed by atoms with E-state index in [-0.39, 0.29) is 5.91 Å². The minimum atomic E-state index is -0.239. The number of nitrogens with zero attached hydrogens (tertiary/aromatic N) is 1. The van der Waals surface area contributed by atoms with E-state index in [1.54, 1.807) is 36.7 Å². The van der Waals surface area contributed by atoms with Gasteiger partial charge >= 0.3 is 0 Å². The van der Waals surface area contributed by atoms with Crippen LogP contribution >= 0.6 is 0 Å². The zero-order chi connectivity index (χ0) is 12.1. The molecule has 0 radical (unpaired) electrons. The van der Waals surface area contributed by atoms with Crippen molar-refractivity contribution in [3.8, 4) is 0 Å². The number of pyridine rings is 1. The molecule has 0 unspecified atom stereocenters. The summed E-state index contributed by atoms with van der Waals surface area (Å²) in [7, 11) is 0. The molecule has 0 saturated carbocycles. The Hall–Kier alpha value is -2.14. The molecule has 2 aromatic heterocycles. The van der Waals surface area contributed by atoms with Crippen molar-refractivity contribution in [2.45, 2.75) is 13.1 Å². The van der Waals surface area contributed by atoms with E-state index in [0.29, 0.717) is 24.5 Å². The molecule has 0 aromatic carbocycles. The number of rotatable bonds is 4. The highest BCUT2D eigenvalue weighted by Gasteiger charge is 2.07. The molecule has 0 spiro atoms. The highest BCUT2D eigenvalue weighted by molar-refractivity contribution is 5.92. The summed E-state index contributed by atoms with van der Waals surface area (Å²) in [5, 5.41) is 2.72. The van der Waals surface area contributed by atoms with Gasteiger partial charge in [0.15, 0.2) is 0 Å². The Balaban J connectivity index is 1.99. The van der Waals surface area contributed by atoms with Gasteiger partial charge < -0.3 is 15.5 Å². The van der Waals surface area contributed by atoms with Gasteiger partial charge in [-0.2, -0.15) is 0 Å². The normalized spacial score (nSPS) is 10.2. The van der Waals surface area contributed by atoms with Gasteiger partial charge in [0.25, 0.3) is 5.91 Å². The van der Waals surface area contributed by atoms with Crippen LogP contribution < -0.4 is 11.1 Å². The quantitative estimate of drug-likeness (QED) is 0.824. The average molecular weight is 231 g/mol. The SMILES string of the molecule is NCc1ccnc(C(=O)NCc2ccco2)c1. The van der Waals surface area contributed by atoms with Gasteiger partial charge in [-0.25, -0.2) is 0 Å². The predicted octanol–water partition coefficient (Wildman–Crippen LogP) is 1.06. The number of carbonyl (C=O) groups is 1. The Morgan fingerprint density at radius 3 is 3.06 bits per heavy atom. The maximum Gasteiger partial charge on any atom is 0.270 e. The van der Waals surface area contributed by atoms with Crippen LogP contribution in [-0.2, 0) is 13.1 Å². The van der Waals surface area contributed by atoms with E-state index in [4.69, 9.17) is 10.2 Å². The summed E-state index contributed by atoms with van der Waals surface area (Å²) < 4.78 is 5.11. The van der Waals surface area contributed by atoms with Crippen molar-refractivity contribution in [3.63, 3.8) is 0 Å². The topological polar surface area (TPSA) is 81.1 Å². The van der Waals surface area contributed by atoms with Crippen LogP contribution in [0, 0.1) is 0 Å². The standard InChI is InChI=1S/C12H13N3O2/c13-7-9-3-4-14-11(6-9)12(16)15-8-10-2-1-5-17-10/h1-6H,7-8,13H2,(H,15,16). The van der Waals surface area contributed by atoms with E-state index in [0.717, 1.165) is 5.56 Å². The molecule has 0 aliphatic carbocycles. The molecule has 0 aliphatic heterocycles. The fourth-order valence-electron chi connectivity index (χ4n) is 1.40. The molecule has 0 atom stereocenters. The molecule has 5 nitrogen and oxygen atoms in total. The molecule has 17 heavy (non-hydrogen) atoms. The maximum atomic E-state index is 11.8. The Kier molecular flexibility index (Phi) is 3.52. The second kappa shape index (κ2) is 5.27. The first-order valence-corrected chi connectivity index (χ1v) is 5.25. The van der Waals surface area contributed by atoms with E-state index in [1.807, 2.05) is 0 Å². The van der Waals surface area contributed by atoms with Crippen molar-refractivity contribution >= 4 is 5.91 Å². The van der Waals surface area contributed by atoms with Crippen molar-refractivity contribution in [1.82, 2.24) is 10.3 Å². The lowest BCUT2D eigenvalue weighted by Gasteiger charge is -2.03. The first-order valence-electron chi connectivity index (χ1n) is 5.25. The third-order valence-electron chi connectivity index (χ3n) is 2.30. The molecule has 0 fully saturated rings. The number of furan rings is 1. The van der Waals surface area contributed by atoms with Crippen molar-refractivity contribution in [1.29, 1.82) is 0 Å². The number of amides is 1. The minimum Gasteiger partial charge on any atom is -0.467 e. The molecule has 0 aliphatic rings. The third kappa shape index (κ3) is 2.92. The number of nitrogens with one attached hydrogen (secondary N) is 1. The average Bonchev–Trinajstić information content (AvgIpc) is 2.89. The summed E-state index contributed by atoms with van der Waals surface area (Å²) in [6.07, 6.45) is 3.14. The largest absolute Gasteiger partial charge is 0.467 e. The fraction of sp³-hybridized carbons (Fsp3) is 0.167. The van der Waals surface area contributed by atoms with Gasteiger partial charge in [-0.15, -0.1) is 0 Å². The van der Waals surface area contributed by atoms with Crippen LogP contribution in [-0.4, -0.2) is 10.9 Å². The number of nitrogens with two attached hydrogens (primary N) is 1. The van der Waals surface area contributed by atoms with Crippen LogP contribution in [0.3, 0.4) is 0 Å². The van der Waals surface area contributed by atoms with Gasteiger partial charge in [0, 0.05) is 12.7 Å². The Morgan fingerprint density at radius 2 is 2.35 bits per heavy atom. The van der Waals surface area contributed by atoms with Crippen molar-refractivity contribution in [3.05, 3.63) is 53.7 Å². The monoisotopic (exact) mass is 231 g/mol. The van der Waals surface area contributed by atoms with Gasteiger partial charge in [0.2, 0.25) is 0 Å². The number of hydrogen-bond donors (Lipinski definition) is 2. The molecule has 3 N–H and O–H groups in total. The van der Waals surface area contributed by atoms with Crippen molar-refractivity contribution in [2.24, 2.45) is 5.73 Å². The fourth-order valence-corrected chi connectivity index (χ4v) is 1.40. The third-order valence-corrected chi connectivity index (χ3v) is 2.30. The Labute approximate surface area is 98.6 Å². The lowest BCUT2D eigenvalue weighted by Crippen LogP contribution is -2.23. The van der Waals surface area contributed by atoms with Gasteiger partial charge in [0.05, 0.1) is 12.8 Å². The van der Waals surface area contributed by atoms with Crippen LogP contribution in [0.4, 0.5) is 0 Å². The van der Waals surface area contributed by atoms with Crippen molar-refractivity contribution in [2.75, 3.05) is 0 Å². The van der Waals surface area contributed by atoms with Gasteiger partial charge in [-0.1, -0.05) is 0 Å². The molecule has 1 amide bonds. The highest BCUT2D eigenvalue weighted by Crippen LogP contribution is 2.02. The highest BCUT2D eigenvalue weighted by atomic mass is 16.3. The first-order chi connectivity index (χ1) is 8.29. The lowest BCUT2D eigenvalue weighted by atomic mass is 10.2. The van der Waals surface area contributed by atoms with E-state index < -0.39 is 0 Å². The van der Waals surface area contributed by atoms with Gasteiger partial charge in [-0.3, -0.25) is 9.78 Å². The molecule has 5 heteroatoms. The summed E-state index contributed by atoms with van der Waals surface area (Å²) in [4.78, 5) is 15.7. The molecule has 2 aromatic rings. The summed E-state index contributed by atoms with van der Waals surface area (Å²) in [5.41, 5.74) is 6.73. The van der Waals surface area contributed by atoms with Crippen LogP contribution in [0.25, 0.3) is 0 Å². The smallest absolute Gasteiger partial charge is 0.270 e. The first kappa shape index (κ1) is 11.3. The number of aromatic nitrogens is 1. The zero-order valence-electron chi connectivity index (χ0n) is 9.22.